The van der Waals surface area contributed by atoms with Gasteiger partial charge in [-0.3, -0.25) is 0 Å². The van der Waals surface area contributed by atoms with Crippen LogP contribution in [0.4, 0.5) is 0 Å². The number of nitrogens with zero attached hydrogens (tertiary/aromatic N) is 1. The van der Waals surface area contributed by atoms with E-state index in [9.17, 15) is 13.2 Å². The van der Waals surface area contributed by atoms with Crippen LogP contribution in [0.15, 0.2) is 21.6 Å². The van der Waals surface area contributed by atoms with Crippen molar-refractivity contribution in [3.8, 4) is 0 Å². The maximum Gasteiger partial charge on any atom is 0.374 e. The van der Waals surface area contributed by atoms with E-state index in [-0.39, 0.29) is 29.3 Å². The number of sulfonamides is 1. The molecule has 1 aromatic heterocycles. The Morgan fingerprint density at radius 3 is 2.86 bits per heavy atom. The summed E-state index contributed by atoms with van der Waals surface area (Å²) in [6.07, 6.45) is 1.63. The number of carbonyl (C=O) groups is 1. The molecule has 1 fully saturated rings. The van der Waals surface area contributed by atoms with Crippen LogP contribution in [0.5, 0.6) is 0 Å². The van der Waals surface area contributed by atoms with Gasteiger partial charge in [0.15, 0.2) is 0 Å². The highest BCUT2D eigenvalue weighted by molar-refractivity contribution is 7.89. The van der Waals surface area contributed by atoms with Gasteiger partial charge in [0.05, 0.1) is 7.11 Å². The van der Waals surface area contributed by atoms with E-state index in [1.54, 1.807) is 7.05 Å². The first-order valence-electron chi connectivity index (χ1n) is 6.35. The van der Waals surface area contributed by atoms with Crippen LogP contribution in [0.3, 0.4) is 0 Å². The van der Waals surface area contributed by atoms with Crippen LogP contribution in [0.1, 0.15) is 23.4 Å². The minimum Gasteiger partial charge on any atom is -0.463 e. The third-order valence-electron chi connectivity index (χ3n) is 3.29. The molecule has 0 aliphatic carbocycles. The lowest BCUT2D eigenvalue weighted by Gasteiger charge is -2.22. The van der Waals surface area contributed by atoms with E-state index in [1.165, 1.54) is 23.5 Å². The summed E-state index contributed by atoms with van der Waals surface area (Å²) in [5, 5.41) is 2.76. The number of likely N-dealkylation sites (N-methyl/N-ethyl adjacent to an activating group) is 1. The minimum absolute atomic E-state index is 0. The van der Waals surface area contributed by atoms with Gasteiger partial charge in [-0.15, -0.1) is 12.4 Å². The molecule has 0 bridgehead atoms. The number of ether oxygens (including phenoxy) is 1. The smallest absolute Gasteiger partial charge is 0.374 e. The molecule has 2 heterocycles. The number of methoxy groups -OCH3 is 1. The van der Waals surface area contributed by atoms with Gasteiger partial charge in [0.25, 0.3) is 10.0 Å². The van der Waals surface area contributed by atoms with Crippen molar-refractivity contribution in [2.24, 2.45) is 0 Å². The normalized spacial score (nSPS) is 19.2. The highest BCUT2D eigenvalue weighted by atomic mass is 35.5. The molecule has 0 saturated carbocycles. The Morgan fingerprint density at radius 1 is 1.52 bits per heavy atom. The largest absolute Gasteiger partial charge is 0.463 e. The van der Waals surface area contributed by atoms with Crippen molar-refractivity contribution in [3.63, 3.8) is 0 Å². The van der Waals surface area contributed by atoms with E-state index in [0.717, 1.165) is 12.8 Å². The number of hydrogen-bond donors (Lipinski definition) is 1. The van der Waals surface area contributed by atoms with Gasteiger partial charge in [-0.25, -0.2) is 13.2 Å². The fourth-order valence-electron chi connectivity index (χ4n) is 2.35. The molecule has 0 amide bonds. The molecule has 7 nitrogen and oxygen atoms in total. The highest BCUT2D eigenvalue weighted by Crippen LogP contribution is 2.27. The first-order valence-corrected chi connectivity index (χ1v) is 7.79. The first kappa shape index (κ1) is 18.0. The Balaban J connectivity index is 0.00000220. The first-order chi connectivity index (χ1) is 9.50. The summed E-state index contributed by atoms with van der Waals surface area (Å²) in [7, 11) is -0.718. The molecule has 1 saturated heterocycles. The maximum absolute atomic E-state index is 12.5. The lowest BCUT2D eigenvalue weighted by Crippen LogP contribution is -2.40. The fraction of sp³-hybridized carbons (Fsp3) is 0.583. The number of rotatable bonds is 5. The molecule has 0 aromatic carbocycles. The molecule has 21 heavy (non-hydrogen) atoms. The average molecular weight is 339 g/mol. The number of halogens is 1. The topological polar surface area (TPSA) is 88.9 Å². The van der Waals surface area contributed by atoms with Crippen molar-refractivity contribution >= 4 is 28.4 Å². The summed E-state index contributed by atoms with van der Waals surface area (Å²) in [5.41, 5.74) is 0. The van der Waals surface area contributed by atoms with Crippen molar-refractivity contribution in [3.05, 3.63) is 17.9 Å². The van der Waals surface area contributed by atoms with Crippen LogP contribution in [0.2, 0.25) is 0 Å². The lowest BCUT2D eigenvalue weighted by atomic mass is 10.2. The number of carbonyl (C=O) groups excluding carboxylic acids is 1. The second-order valence-electron chi connectivity index (χ2n) is 4.58. The SMILES string of the molecule is CNCC1CCCN1S(=O)(=O)c1ccc(C(=O)OC)o1.Cl. The molecule has 1 aliphatic rings. The van der Waals surface area contributed by atoms with Gasteiger partial charge in [-0.2, -0.15) is 4.31 Å². The summed E-state index contributed by atoms with van der Waals surface area (Å²) in [4.78, 5) is 11.3. The van der Waals surface area contributed by atoms with Gasteiger partial charge in [0, 0.05) is 19.1 Å². The molecular formula is C12H19ClN2O5S. The average Bonchev–Trinajstić information content (AvgIpc) is 3.07. The lowest BCUT2D eigenvalue weighted by molar-refractivity contribution is 0.0558. The van der Waals surface area contributed by atoms with E-state index in [4.69, 9.17) is 4.42 Å². The van der Waals surface area contributed by atoms with Gasteiger partial charge >= 0.3 is 5.97 Å². The summed E-state index contributed by atoms with van der Waals surface area (Å²) >= 11 is 0. The summed E-state index contributed by atoms with van der Waals surface area (Å²) in [6.45, 7) is 1.05. The Hall–Kier alpha value is -1.09. The number of hydrogen-bond acceptors (Lipinski definition) is 6. The zero-order chi connectivity index (χ0) is 14.8. The number of esters is 1. The van der Waals surface area contributed by atoms with Crippen molar-refractivity contribution in [2.45, 2.75) is 24.0 Å². The molecule has 120 valence electrons. The van der Waals surface area contributed by atoms with Crippen LogP contribution in [-0.4, -0.2) is 52.0 Å². The quantitative estimate of drug-likeness (QED) is 0.801. The number of nitrogens with one attached hydrogen (secondary N) is 1. The Kier molecular flexibility index (Phi) is 6.21. The summed E-state index contributed by atoms with van der Waals surface area (Å²) in [5.74, 6) is -0.810. The van der Waals surface area contributed by atoms with Crippen molar-refractivity contribution < 1.29 is 22.4 Å². The zero-order valence-electron chi connectivity index (χ0n) is 11.9. The monoisotopic (exact) mass is 338 g/mol. The summed E-state index contributed by atoms with van der Waals surface area (Å²) < 4.78 is 36.0. The molecule has 1 aromatic rings. The fourth-order valence-corrected chi connectivity index (χ4v) is 3.96. The van der Waals surface area contributed by atoms with Gasteiger partial charge in [0.2, 0.25) is 10.9 Å². The van der Waals surface area contributed by atoms with E-state index in [1.807, 2.05) is 0 Å². The van der Waals surface area contributed by atoms with Crippen LogP contribution >= 0.6 is 12.4 Å². The molecule has 2 rings (SSSR count). The maximum atomic E-state index is 12.5. The minimum atomic E-state index is -3.71. The third kappa shape index (κ3) is 3.57. The summed E-state index contributed by atoms with van der Waals surface area (Å²) in [6, 6.07) is 2.51. The van der Waals surface area contributed by atoms with Crippen molar-refractivity contribution in [1.82, 2.24) is 9.62 Å². The van der Waals surface area contributed by atoms with E-state index < -0.39 is 16.0 Å². The van der Waals surface area contributed by atoms with Crippen molar-refractivity contribution in [1.29, 1.82) is 0 Å². The molecule has 1 atom stereocenters. The van der Waals surface area contributed by atoms with Gasteiger partial charge in [-0.1, -0.05) is 0 Å². The third-order valence-corrected chi connectivity index (χ3v) is 5.12. The molecule has 1 unspecified atom stereocenters. The molecule has 1 aliphatic heterocycles. The van der Waals surface area contributed by atoms with Crippen LogP contribution < -0.4 is 5.32 Å². The molecule has 1 N–H and O–H groups in total. The number of furan rings is 1. The zero-order valence-corrected chi connectivity index (χ0v) is 13.5. The molecular weight excluding hydrogens is 320 g/mol. The Labute approximate surface area is 130 Å². The molecule has 0 radical (unpaired) electrons. The van der Waals surface area contributed by atoms with Gasteiger partial charge in [-0.05, 0) is 32.0 Å². The van der Waals surface area contributed by atoms with Gasteiger partial charge < -0.3 is 14.5 Å². The van der Waals surface area contributed by atoms with Crippen LogP contribution in [0, 0.1) is 0 Å². The van der Waals surface area contributed by atoms with Crippen LogP contribution in [-0.2, 0) is 14.8 Å². The standard InChI is InChI=1S/C12H18N2O5S.ClH/c1-13-8-9-4-3-7-14(9)20(16,17)11-6-5-10(19-11)12(15)18-2;/h5-6,9,13H,3-4,7-8H2,1-2H3;1H. The van der Waals surface area contributed by atoms with Crippen LogP contribution in [0.25, 0.3) is 0 Å². The predicted octanol–water partition coefficient (Wildman–Crippen LogP) is 0.860. The van der Waals surface area contributed by atoms with E-state index in [2.05, 4.69) is 10.1 Å². The van der Waals surface area contributed by atoms with Gasteiger partial charge in [0.1, 0.15) is 0 Å². The molecule has 9 heteroatoms. The second-order valence-corrected chi connectivity index (χ2v) is 6.40. The predicted molar refractivity (Wildman–Crippen MR) is 78.1 cm³/mol. The highest BCUT2D eigenvalue weighted by Gasteiger charge is 2.37. The van der Waals surface area contributed by atoms with E-state index >= 15 is 0 Å². The Morgan fingerprint density at radius 2 is 2.24 bits per heavy atom. The molecule has 0 spiro atoms. The van der Waals surface area contributed by atoms with E-state index in [0.29, 0.717) is 13.1 Å². The Bertz CT molecular complexity index is 586. The second kappa shape index (κ2) is 7.26. The van der Waals surface area contributed by atoms with Crippen molar-refractivity contribution in [2.75, 3.05) is 27.2 Å².